The lowest BCUT2D eigenvalue weighted by Crippen LogP contribution is -2.73. The minimum atomic E-state index is 0.112. The Hall–Kier alpha value is -0.770. The molecule has 0 atom stereocenters. The third kappa shape index (κ3) is 2.88. The molecule has 1 N–H and O–H groups in total. The monoisotopic (exact) mass is 268 g/mol. The van der Waals surface area contributed by atoms with Crippen LogP contribution in [0.2, 0.25) is 0 Å². The van der Waals surface area contributed by atoms with Gasteiger partial charge in [-0.25, -0.2) is 0 Å². The summed E-state index contributed by atoms with van der Waals surface area (Å²) in [5.74, 6) is 1.01. The van der Waals surface area contributed by atoms with Gasteiger partial charge in [-0.05, 0) is 41.8 Å². The van der Waals surface area contributed by atoms with Crippen LogP contribution in [-0.4, -0.2) is 61.1 Å². The fourth-order valence-electron chi connectivity index (χ4n) is 2.15. The molecule has 1 rings (SSSR count). The molecule has 0 radical (unpaired) electrons. The molecule has 0 aromatic carbocycles. The first-order valence-electron chi connectivity index (χ1n) is 7.11. The van der Waals surface area contributed by atoms with Gasteiger partial charge in [0.1, 0.15) is 0 Å². The van der Waals surface area contributed by atoms with Gasteiger partial charge in [-0.3, -0.25) is 4.99 Å². The molecule has 1 aliphatic heterocycles. The van der Waals surface area contributed by atoms with Crippen LogP contribution in [0.5, 0.6) is 0 Å². The first kappa shape index (κ1) is 16.3. The van der Waals surface area contributed by atoms with Crippen LogP contribution in [0.3, 0.4) is 0 Å². The molecule has 0 bridgehead atoms. The minimum absolute atomic E-state index is 0.112. The second-order valence-corrected chi connectivity index (χ2v) is 7.64. The second kappa shape index (κ2) is 4.97. The van der Waals surface area contributed by atoms with Crippen molar-refractivity contribution in [1.29, 1.82) is 0 Å². The SMILES string of the molecule is CN=C(NCC(C)(C)N(C)C)N1CC(C)(C)C1(C)C. The molecule has 1 heterocycles. The van der Waals surface area contributed by atoms with Gasteiger partial charge < -0.3 is 15.1 Å². The Morgan fingerprint density at radius 1 is 1.26 bits per heavy atom. The van der Waals surface area contributed by atoms with E-state index in [4.69, 9.17) is 0 Å². The highest BCUT2D eigenvalue weighted by atomic mass is 15.4. The molecule has 0 spiro atoms. The smallest absolute Gasteiger partial charge is 0.194 e. The Morgan fingerprint density at radius 3 is 2.11 bits per heavy atom. The van der Waals surface area contributed by atoms with Gasteiger partial charge >= 0.3 is 0 Å². The molecule has 0 amide bonds. The number of nitrogens with one attached hydrogen (secondary N) is 1. The van der Waals surface area contributed by atoms with Gasteiger partial charge in [0.05, 0.1) is 0 Å². The van der Waals surface area contributed by atoms with E-state index in [1.165, 1.54) is 0 Å². The van der Waals surface area contributed by atoms with E-state index in [9.17, 15) is 0 Å². The normalized spacial score (nSPS) is 22.4. The number of hydrogen-bond acceptors (Lipinski definition) is 2. The van der Waals surface area contributed by atoms with Gasteiger partial charge in [-0.15, -0.1) is 0 Å². The standard InChI is InChI=1S/C15H32N4/c1-13(2)11-19(15(13,5)6)12(16-7)17-10-14(3,4)18(8)9/h10-11H2,1-9H3,(H,16,17). The summed E-state index contributed by atoms with van der Waals surface area (Å²) in [6, 6.07) is 0. The van der Waals surface area contributed by atoms with Crippen molar-refractivity contribution >= 4 is 5.96 Å². The highest BCUT2D eigenvalue weighted by molar-refractivity contribution is 5.82. The number of guanidine groups is 1. The van der Waals surface area contributed by atoms with E-state index in [0.717, 1.165) is 19.0 Å². The van der Waals surface area contributed by atoms with Crippen LogP contribution in [0.15, 0.2) is 4.99 Å². The maximum absolute atomic E-state index is 4.45. The predicted octanol–water partition coefficient (Wildman–Crippen LogP) is 2.02. The van der Waals surface area contributed by atoms with E-state index in [1.54, 1.807) is 0 Å². The molecule has 0 unspecified atom stereocenters. The van der Waals surface area contributed by atoms with E-state index >= 15 is 0 Å². The maximum Gasteiger partial charge on any atom is 0.194 e. The summed E-state index contributed by atoms with van der Waals surface area (Å²) in [5.41, 5.74) is 0.596. The topological polar surface area (TPSA) is 30.9 Å². The highest BCUT2D eigenvalue weighted by Crippen LogP contribution is 2.46. The van der Waals surface area contributed by atoms with Crippen LogP contribution in [0.1, 0.15) is 41.5 Å². The molecule has 0 aromatic rings. The first-order valence-corrected chi connectivity index (χ1v) is 7.11. The Balaban J connectivity index is 2.69. The first-order chi connectivity index (χ1) is 8.45. The van der Waals surface area contributed by atoms with Crippen LogP contribution in [-0.2, 0) is 0 Å². The number of aliphatic imine (C=N–C) groups is 1. The van der Waals surface area contributed by atoms with Crippen LogP contribution in [0.4, 0.5) is 0 Å². The summed E-state index contributed by atoms with van der Waals surface area (Å²) >= 11 is 0. The van der Waals surface area contributed by atoms with Gasteiger partial charge in [-0.1, -0.05) is 13.8 Å². The molecular formula is C15H32N4. The second-order valence-electron chi connectivity index (χ2n) is 7.64. The Bertz CT molecular complexity index is 353. The number of likely N-dealkylation sites (N-methyl/N-ethyl adjacent to an activating group) is 1. The van der Waals surface area contributed by atoms with Gasteiger partial charge in [-0.2, -0.15) is 0 Å². The van der Waals surface area contributed by atoms with E-state index in [-0.39, 0.29) is 11.1 Å². The zero-order valence-electron chi connectivity index (χ0n) is 14.3. The molecule has 1 saturated heterocycles. The lowest BCUT2D eigenvalue weighted by atomic mass is 9.65. The third-order valence-corrected chi connectivity index (χ3v) is 5.24. The number of rotatable bonds is 3. The molecule has 0 saturated carbocycles. The van der Waals surface area contributed by atoms with Crippen molar-refractivity contribution in [3.63, 3.8) is 0 Å². The summed E-state index contributed by atoms with van der Waals surface area (Å²) < 4.78 is 0. The van der Waals surface area contributed by atoms with Crippen molar-refractivity contribution in [1.82, 2.24) is 15.1 Å². The minimum Gasteiger partial charge on any atom is -0.354 e. The zero-order valence-corrected chi connectivity index (χ0v) is 14.3. The molecule has 1 aliphatic rings. The van der Waals surface area contributed by atoms with Crippen molar-refractivity contribution in [3.05, 3.63) is 0 Å². The largest absolute Gasteiger partial charge is 0.354 e. The molecule has 4 nitrogen and oxygen atoms in total. The summed E-state index contributed by atoms with van der Waals surface area (Å²) in [4.78, 5) is 9.05. The van der Waals surface area contributed by atoms with E-state index in [0.29, 0.717) is 5.41 Å². The molecule has 112 valence electrons. The van der Waals surface area contributed by atoms with Crippen molar-refractivity contribution in [2.45, 2.75) is 52.6 Å². The van der Waals surface area contributed by atoms with Crippen molar-refractivity contribution in [2.24, 2.45) is 10.4 Å². The average Bonchev–Trinajstić information content (AvgIpc) is 2.28. The quantitative estimate of drug-likeness (QED) is 0.627. The molecule has 4 heteroatoms. The lowest BCUT2D eigenvalue weighted by Gasteiger charge is -2.62. The lowest BCUT2D eigenvalue weighted by molar-refractivity contribution is -0.0670. The summed E-state index contributed by atoms with van der Waals surface area (Å²) in [7, 11) is 6.09. The Labute approximate surface area is 119 Å². The summed E-state index contributed by atoms with van der Waals surface area (Å²) in [6.45, 7) is 15.6. The van der Waals surface area contributed by atoms with Crippen LogP contribution < -0.4 is 5.32 Å². The number of hydrogen-bond donors (Lipinski definition) is 1. The van der Waals surface area contributed by atoms with E-state index in [1.807, 2.05) is 7.05 Å². The van der Waals surface area contributed by atoms with Crippen molar-refractivity contribution < 1.29 is 0 Å². The van der Waals surface area contributed by atoms with Gasteiger partial charge in [0, 0.05) is 36.6 Å². The third-order valence-electron chi connectivity index (χ3n) is 5.24. The van der Waals surface area contributed by atoms with Gasteiger partial charge in [0.15, 0.2) is 5.96 Å². The molecular weight excluding hydrogens is 236 g/mol. The van der Waals surface area contributed by atoms with Crippen LogP contribution >= 0.6 is 0 Å². The van der Waals surface area contributed by atoms with E-state index < -0.39 is 0 Å². The average molecular weight is 268 g/mol. The molecule has 19 heavy (non-hydrogen) atoms. The molecule has 1 fully saturated rings. The maximum atomic E-state index is 4.45. The Morgan fingerprint density at radius 2 is 1.79 bits per heavy atom. The highest BCUT2D eigenvalue weighted by Gasteiger charge is 2.53. The van der Waals surface area contributed by atoms with Crippen molar-refractivity contribution in [2.75, 3.05) is 34.2 Å². The van der Waals surface area contributed by atoms with Gasteiger partial charge in [0.25, 0.3) is 0 Å². The van der Waals surface area contributed by atoms with Gasteiger partial charge in [0.2, 0.25) is 0 Å². The summed E-state index contributed by atoms with van der Waals surface area (Å²) in [6.07, 6.45) is 0. The number of likely N-dealkylation sites (tertiary alicyclic amines) is 1. The van der Waals surface area contributed by atoms with Crippen LogP contribution in [0, 0.1) is 5.41 Å². The van der Waals surface area contributed by atoms with E-state index in [2.05, 4.69) is 75.7 Å². The molecule has 0 aromatic heterocycles. The Kier molecular flexibility index (Phi) is 4.26. The fourth-order valence-corrected chi connectivity index (χ4v) is 2.15. The van der Waals surface area contributed by atoms with Crippen molar-refractivity contribution in [3.8, 4) is 0 Å². The zero-order chi connectivity index (χ0) is 15.1. The summed E-state index contributed by atoms with van der Waals surface area (Å²) in [5, 5.41) is 3.52. The number of nitrogens with zero attached hydrogens (tertiary/aromatic N) is 3. The fraction of sp³-hybridized carbons (Fsp3) is 0.933. The van der Waals surface area contributed by atoms with Crippen LogP contribution in [0.25, 0.3) is 0 Å². The molecule has 0 aliphatic carbocycles. The predicted molar refractivity (Wildman–Crippen MR) is 83.7 cm³/mol.